The van der Waals surface area contributed by atoms with Crippen molar-refractivity contribution in [3.63, 3.8) is 0 Å². The molecule has 2 amide bonds. The van der Waals surface area contributed by atoms with E-state index in [1.54, 1.807) is 32.2 Å². The van der Waals surface area contributed by atoms with Gasteiger partial charge >= 0.3 is 12.0 Å². The zero-order chi connectivity index (χ0) is 27.8. The Balaban J connectivity index is 1.72. The molecule has 2 aromatic rings. The van der Waals surface area contributed by atoms with Gasteiger partial charge in [0.15, 0.2) is 17.7 Å². The smallest absolute Gasteiger partial charge is 0.337 e. The summed E-state index contributed by atoms with van der Waals surface area (Å²) in [6.45, 7) is 3.63. The molecule has 1 aliphatic rings. The number of hydrazone groups is 1. The number of rotatable bonds is 11. The van der Waals surface area contributed by atoms with Gasteiger partial charge in [0.05, 0.1) is 43.1 Å². The number of benzene rings is 2. The maximum atomic E-state index is 12.4. The Morgan fingerprint density at radius 2 is 1.97 bits per heavy atom. The van der Waals surface area contributed by atoms with Gasteiger partial charge in [-0.05, 0) is 59.6 Å². The number of allylic oxidation sites excluding steroid dienone is 1. The van der Waals surface area contributed by atoms with Crippen LogP contribution in [0.3, 0.4) is 0 Å². The van der Waals surface area contributed by atoms with Crippen LogP contribution in [0.15, 0.2) is 55.6 Å². The van der Waals surface area contributed by atoms with Crippen molar-refractivity contribution in [2.45, 2.75) is 26.1 Å². The van der Waals surface area contributed by atoms with Gasteiger partial charge in [-0.3, -0.25) is 5.43 Å². The third-order valence-corrected chi connectivity index (χ3v) is 6.39. The van der Waals surface area contributed by atoms with Crippen LogP contribution in [0.25, 0.3) is 0 Å². The Morgan fingerprint density at radius 3 is 2.66 bits per heavy atom. The van der Waals surface area contributed by atoms with Gasteiger partial charge in [0.25, 0.3) is 0 Å². The highest BCUT2D eigenvalue weighted by atomic mass is 79.9. The predicted molar refractivity (Wildman–Crippen MR) is 147 cm³/mol. The molecule has 0 saturated carbocycles. The summed E-state index contributed by atoms with van der Waals surface area (Å²) in [6.07, 6.45) is 0.377. The second-order valence-electron chi connectivity index (χ2n) is 7.93. The molecule has 0 aromatic heterocycles. The normalized spacial score (nSPS) is 16.0. The molecule has 0 radical (unpaired) electrons. The fraction of sp³-hybridized carbons (Fsp3) is 0.320. The summed E-state index contributed by atoms with van der Waals surface area (Å²) in [4.78, 5) is 24.5. The molecular weight excluding hydrogens is 628 g/mol. The molecule has 0 aliphatic carbocycles. The number of esters is 1. The quantitative estimate of drug-likeness (QED) is 0.124. The Bertz CT molecular complexity index is 1250. The molecule has 0 unspecified atom stereocenters. The van der Waals surface area contributed by atoms with Crippen LogP contribution in [0.4, 0.5) is 4.79 Å². The standard InChI is InChI=1S/C25H28Br2N4O7/c1-5-37-19-9-14(22-21(24(33)36-4)13(2)29-25(34)30-22)6-7-18(19)38-12-20(32)31-28-11-15-8-16(26)10-17(27)23(15)35-3/h6-11,20,22,31-32H,5,12H2,1-4H3,(H2,29,30,34)/b28-11+/t20-,22+/m0/s1. The fourth-order valence-corrected chi connectivity index (χ4v) is 5.13. The third-order valence-electron chi connectivity index (χ3n) is 5.34. The maximum Gasteiger partial charge on any atom is 0.337 e. The van der Waals surface area contributed by atoms with Crippen molar-refractivity contribution in [2.75, 3.05) is 27.4 Å². The molecule has 4 N–H and O–H groups in total. The van der Waals surface area contributed by atoms with E-state index >= 15 is 0 Å². The van der Waals surface area contributed by atoms with Crippen LogP contribution in [0.2, 0.25) is 0 Å². The van der Waals surface area contributed by atoms with Crippen LogP contribution in [-0.4, -0.2) is 57.0 Å². The molecule has 0 fully saturated rings. The molecule has 0 saturated heterocycles. The fourth-order valence-electron chi connectivity index (χ4n) is 3.71. The van der Waals surface area contributed by atoms with Crippen molar-refractivity contribution in [3.8, 4) is 17.2 Å². The van der Waals surface area contributed by atoms with E-state index in [4.69, 9.17) is 18.9 Å². The highest BCUT2D eigenvalue weighted by Gasteiger charge is 2.32. The number of hydrogen-bond donors (Lipinski definition) is 4. The van der Waals surface area contributed by atoms with E-state index in [0.29, 0.717) is 40.7 Å². The summed E-state index contributed by atoms with van der Waals surface area (Å²) in [5.41, 5.74) is 4.54. The number of carbonyl (C=O) groups excluding carboxylic acids is 2. The Hall–Kier alpha value is -3.29. The SMILES string of the molecule is CCOc1cc([C@H]2NC(=O)NC(C)=C2C(=O)OC)ccc1OC[C@H](O)N/N=C/c1cc(Br)cc(Br)c1OC. The van der Waals surface area contributed by atoms with E-state index in [-0.39, 0.29) is 12.2 Å². The molecular formula is C25H28Br2N4O7. The summed E-state index contributed by atoms with van der Waals surface area (Å²) < 4.78 is 23.3. The number of nitrogens with zero attached hydrogens (tertiary/aromatic N) is 1. The summed E-state index contributed by atoms with van der Waals surface area (Å²) in [5.74, 6) is 0.759. The van der Waals surface area contributed by atoms with Crippen LogP contribution in [-0.2, 0) is 9.53 Å². The highest BCUT2D eigenvalue weighted by molar-refractivity contribution is 9.11. The largest absolute Gasteiger partial charge is 0.495 e. The zero-order valence-corrected chi connectivity index (χ0v) is 24.3. The van der Waals surface area contributed by atoms with Crippen LogP contribution in [0, 0.1) is 0 Å². The van der Waals surface area contributed by atoms with E-state index in [0.717, 1.165) is 8.95 Å². The zero-order valence-electron chi connectivity index (χ0n) is 21.1. The lowest BCUT2D eigenvalue weighted by atomic mass is 9.95. The molecule has 0 spiro atoms. The van der Waals surface area contributed by atoms with E-state index in [9.17, 15) is 14.7 Å². The van der Waals surface area contributed by atoms with Crippen LogP contribution in [0.5, 0.6) is 17.2 Å². The molecule has 38 heavy (non-hydrogen) atoms. The van der Waals surface area contributed by atoms with E-state index in [2.05, 4.69) is 53.0 Å². The van der Waals surface area contributed by atoms with Gasteiger partial charge in [-0.25, -0.2) is 9.59 Å². The van der Waals surface area contributed by atoms with E-state index < -0.39 is 24.3 Å². The molecule has 13 heteroatoms. The first-order valence-electron chi connectivity index (χ1n) is 11.4. The summed E-state index contributed by atoms with van der Waals surface area (Å²) in [5, 5.41) is 19.7. The van der Waals surface area contributed by atoms with Crippen molar-refractivity contribution in [1.29, 1.82) is 0 Å². The summed E-state index contributed by atoms with van der Waals surface area (Å²) in [7, 11) is 2.83. The van der Waals surface area contributed by atoms with Crippen molar-refractivity contribution in [2.24, 2.45) is 5.10 Å². The molecule has 0 bridgehead atoms. The number of ether oxygens (including phenoxy) is 4. The topological polar surface area (TPSA) is 140 Å². The average Bonchev–Trinajstić information content (AvgIpc) is 2.87. The van der Waals surface area contributed by atoms with Gasteiger partial charge in [-0.1, -0.05) is 22.0 Å². The van der Waals surface area contributed by atoms with Crippen molar-refractivity contribution in [1.82, 2.24) is 16.1 Å². The van der Waals surface area contributed by atoms with Crippen LogP contribution < -0.4 is 30.3 Å². The summed E-state index contributed by atoms with van der Waals surface area (Å²) >= 11 is 6.85. The number of halogens is 2. The Kier molecular flexibility index (Phi) is 10.4. The molecule has 1 aliphatic heterocycles. The van der Waals surface area contributed by atoms with E-state index in [1.807, 2.05) is 19.1 Å². The second kappa shape index (κ2) is 13.5. The van der Waals surface area contributed by atoms with Crippen LogP contribution in [0.1, 0.15) is 31.0 Å². The molecule has 3 rings (SSSR count). The minimum absolute atomic E-state index is 0.146. The number of carbonyl (C=O) groups is 2. The van der Waals surface area contributed by atoms with Crippen molar-refractivity contribution < 1.29 is 33.6 Å². The first kappa shape index (κ1) is 29.3. The number of aliphatic hydroxyl groups is 1. The number of aliphatic hydroxyl groups excluding tert-OH is 1. The lowest BCUT2D eigenvalue weighted by Gasteiger charge is -2.28. The number of urea groups is 1. The lowest BCUT2D eigenvalue weighted by molar-refractivity contribution is -0.136. The number of methoxy groups -OCH3 is 2. The lowest BCUT2D eigenvalue weighted by Crippen LogP contribution is -2.45. The number of nitrogens with one attached hydrogen (secondary N) is 3. The number of hydrogen-bond acceptors (Lipinski definition) is 9. The minimum atomic E-state index is -1.14. The second-order valence-corrected chi connectivity index (χ2v) is 9.70. The first-order chi connectivity index (χ1) is 18.2. The highest BCUT2D eigenvalue weighted by Crippen LogP contribution is 2.35. The van der Waals surface area contributed by atoms with Gasteiger partial charge in [0, 0.05) is 15.7 Å². The minimum Gasteiger partial charge on any atom is -0.495 e. The monoisotopic (exact) mass is 654 g/mol. The molecule has 11 nitrogen and oxygen atoms in total. The first-order valence-corrected chi connectivity index (χ1v) is 13.0. The van der Waals surface area contributed by atoms with Crippen molar-refractivity contribution in [3.05, 3.63) is 61.7 Å². The molecule has 1 heterocycles. The average molecular weight is 656 g/mol. The third kappa shape index (κ3) is 7.17. The van der Waals surface area contributed by atoms with Gasteiger partial charge in [0.2, 0.25) is 0 Å². The van der Waals surface area contributed by atoms with Crippen LogP contribution >= 0.6 is 31.9 Å². The maximum absolute atomic E-state index is 12.4. The van der Waals surface area contributed by atoms with Gasteiger partial charge < -0.3 is 34.7 Å². The number of amides is 2. The van der Waals surface area contributed by atoms with Crippen molar-refractivity contribution >= 4 is 50.1 Å². The molecule has 204 valence electrons. The molecule has 2 aromatic carbocycles. The Morgan fingerprint density at radius 1 is 1.21 bits per heavy atom. The van der Waals surface area contributed by atoms with Gasteiger partial charge in [0.1, 0.15) is 12.4 Å². The molecule has 2 atom stereocenters. The van der Waals surface area contributed by atoms with E-state index in [1.165, 1.54) is 13.3 Å². The Labute approximate surface area is 236 Å². The van der Waals surface area contributed by atoms with Gasteiger partial charge in [-0.2, -0.15) is 5.10 Å². The van der Waals surface area contributed by atoms with Gasteiger partial charge in [-0.15, -0.1) is 0 Å². The summed E-state index contributed by atoms with van der Waals surface area (Å²) in [6, 6.07) is 7.47. The predicted octanol–water partition coefficient (Wildman–Crippen LogP) is 3.74.